The van der Waals surface area contributed by atoms with Gasteiger partial charge in [-0.2, -0.15) is 0 Å². The number of hydrogen-bond acceptors (Lipinski definition) is 4. The van der Waals surface area contributed by atoms with Gasteiger partial charge in [0, 0.05) is 24.5 Å². The van der Waals surface area contributed by atoms with Crippen molar-refractivity contribution in [2.45, 2.75) is 25.7 Å². The summed E-state index contributed by atoms with van der Waals surface area (Å²) >= 11 is 0. The van der Waals surface area contributed by atoms with E-state index >= 15 is 0 Å². The maximum Gasteiger partial charge on any atom is 0.238 e. The van der Waals surface area contributed by atoms with Crippen molar-refractivity contribution in [3.63, 3.8) is 0 Å². The van der Waals surface area contributed by atoms with E-state index in [9.17, 15) is 4.79 Å². The number of carbonyl (C=O) groups excluding carboxylic acids is 1. The molecule has 0 unspecified atom stereocenters. The van der Waals surface area contributed by atoms with E-state index in [4.69, 9.17) is 10.9 Å². The highest BCUT2D eigenvalue weighted by Gasteiger charge is 2.54. The monoisotopic (exact) mass is 288 g/mol. The smallest absolute Gasteiger partial charge is 0.238 e. The third kappa shape index (κ3) is 2.53. The lowest BCUT2D eigenvalue weighted by Gasteiger charge is -2.18. The van der Waals surface area contributed by atoms with Crippen LogP contribution in [-0.2, 0) is 4.79 Å². The number of anilines is 2. The first-order valence-electron chi connectivity index (χ1n) is 7.30. The van der Waals surface area contributed by atoms with Crippen molar-refractivity contribution in [1.29, 1.82) is 0 Å². The lowest BCUT2D eigenvalue weighted by Crippen LogP contribution is -2.36. The fourth-order valence-corrected chi connectivity index (χ4v) is 2.80. The van der Waals surface area contributed by atoms with Crippen LogP contribution in [0.15, 0.2) is 29.4 Å². The molecule has 0 bridgehead atoms. The molecule has 1 aliphatic heterocycles. The number of rotatable bonds is 4. The lowest BCUT2D eigenvalue weighted by molar-refractivity contribution is -0.119. The third-order valence-corrected chi connectivity index (χ3v) is 4.38. The first-order chi connectivity index (χ1) is 10.2. The molecule has 1 amide bonds. The van der Waals surface area contributed by atoms with Crippen molar-refractivity contribution >= 4 is 23.1 Å². The van der Waals surface area contributed by atoms with Gasteiger partial charge in [0.15, 0.2) is 5.84 Å². The molecule has 0 aromatic heterocycles. The van der Waals surface area contributed by atoms with Crippen LogP contribution in [0.5, 0.6) is 0 Å². The van der Waals surface area contributed by atoms with Gasteiger partial charge in [-0.15, -0.1) is 0 Å². The summed E-state index contributed by atoms with van der Waals surface area (Å²) in [5.41, 5.74) is 6.71. The van der Waals surface area contributed by atoms with Crippen LogP contribution in [0.1, 0.15) is 25.7 Å². The maximum absolute atomic E-state index is 12.2. The molecule has 0 spiro atoms. The van der Waals surface area contributed by atoms with Crippen LogP contribution in [0.25, 0.3) is 0 Å². The van der Waals surface area contributed by atoms with Crippen LogP contribution in [-0.4, -0.2) is 30.0 Å². The highest BCUT2D eigenvalue weighted by Crippen LogP contribution is 2.46. The molecule has 6 heteroatoms. The second-order valence-electron chi connectivity index (χ2n) is 5.76. The minimum Gasteiger partial charge on any atom is -0.409 e. The number of nitrogens with two attached hydrogens (primary N) is 1. The normalized spacial score (nSPS) is 20.4. The molecule has 1 aromatic carbocycles. The largest absolute Gasteiger partial charge is 0.409 e. The number of hydrogen-bond donors (Lipinski definition) is 3. The van der Waals surface area contributed by atoms with Gasteiger partial charge in [-0.25, -0.2) is 0 Å². The van der Waals surface area contributed by atoms with Gasteiger partial charge in [0.25, 0.3) is 0 Å². The van der Waals surface area contributed by atoms with E-state index in [1.807, 2.05) is 24.3 Å². The minimum absolute atomic E-state index is 0.00585. The predicted octanol–water partition coefficient (Wildman–Crippen LogP) is 1.75. The second-order valence-corrected chi connectivity index (χ2v) is 5.76. The average molecular weight is 288 g/mol. The second kappa shape index (κ2) is 5.27. The molecule has 1 saturated carbocycles. The van der Waals surface area contributed by atoms with Crippen LogP contribution in [0.3, 0.4) is 0 Å². The molecule has 3 rings (SSSR count). The summed E-state index contributed by atoms with van der Waals surface area (Å²) in [4.78, 5) is 14.6. The molecule has 2 aliphatic rings. The van der Waals surface area contributed by atoms with E-state index < -0.39 is 5.41 Å². The Balaban J connectivity index is 1.67. The molecule has 1 aliphatic carbocycles. The minimum atomic E-state index is -0.817. The number of carbonyl (C=O) groups is 1. The van der Waals surface area contributed by atoms with Gasteiger partial charge < -0.3 is 21.2 Å². The van der Waals surface area contributed by atoms with Gasteiger partial charge in [-0.1, -0.05) is 5.16 Å². The Kier molecular flexibility index (Phi) is 3.45. The van der Waals surface area contributed by atoms with Crippen molar-refractivity contribution in [2.75, 3.05) is 23.3 Å². The topological polar surface area (TPSA) is 91.0 Å². The Labute approximate surface area is 123 Å². The molecular weight excluding hydrogens is 268 g/mol. The summed E-state index contributed by atoms with van der Waals surface area (Å²) in [6, 6.07) is 7.83. The molecule has 0 radical (unpaired) electrons. The summed E-state index contributed by atoms with van der Waals surface area (Å²) < 4.78 is 0. The van der Waals surface area contributed by atoms with Gasteiger partial charge in [0.2, 0.25) is 5.91 Å². The number of amides is 1. The summed E-state index contributed by atoms with van der Waals surface area (Å²) in [6.07, 6.45) is 3.72. The number of benzene rings is 1. The van der Waals surface area contributed by atoms with E-state index in [0.717, 1.165) is 18.8 Å². The molecule has 6 nitrogen and oxygen atoms in total. The number of oxime groups is 1. The molecule has 21 heavy (non-hydrogen) atoms. The first kappa shape index (κ1) is 13.7. The van der Waals surface area contributed by atoms with Crippen LogP contribution < -0.4 is 16.0 Å². The van der Waals surface area contributed by atoms with Crippen molar-refractivity contribution in [3.8, 4) is 0 Å². The number of nitrogens with zero attached hydrogens (tertiary/aromatic N) is 2. The summed E-state index contributed by atoms with van der Waals surface area (Å²) in [5, 5.41) is 14.6. The van der Waals surface area contributed by atoms with Gasteiger partial charge in [0.05, 0.1) is 0 Å². The molecule has 1 heterocycles. The molecule has 2 fully saturated rings. The molecule has 4 N–H and O–H groups in total. The predicted molar refractivity (Wildman–Crippen MR) is 81.6 cm³/mol. The van der Waals surface area contributed by atoms with Crippen molar-refractivity contribution in [1.82, 2.24) is 0 Å². The van der Waals surface area contributed by atoms with Crippen LogP contribution in [0.2, 0.25) is 0 Å². The zero-order chi connectivity index (χ0) is 14.9. The molecule has 1 aromatic rings. The van der Waals surface area contributed by atoms with Gasteiger partial charge in [-0.05, 0) is 49.9 Å². The fourth-order valence-electron chi connectivity index (χ4n) is 2.80. The van der Waals surface area contributed by atoms with E-state index in [-0.39, 0.29) is 11.7 Å². The highest BCUT2D eigenvalue weighted by molar-refractivity contribution is 6.14. The van der Waals surface area contributed by atoms with Crippen molar-refractivity contribution in [3.05, 3.63) is 24.3 Å². The Bertz CT molecular complexity index is 558. The zero-order valence-electron chi connectivity index (χ0n) is 11.9. The van der Waals surface area contributed by atoms with Crippen molar-refractivity contribution < 1.29 is 10.0 Å². The number of nitrogens with one attached hydrogen (secondary N) is 1. The van der Waals surface area contributed by atoms with Crippen molar-refractivity contribution in [2.24, 2.45) is 16.3 Å². The first-order valence-corrected chi connectivity index (χ1v) is 7.30. The zero-order valence-corrected chi connectivity index (χ0v) is 11.9. The fraction of sp³-hybridized carbons (Fsp3) is 0.467. The molecule has 0 atom stereocenters. The lowest BCUT2D eigenvalue weighted by atomic mass is 10.1. The Morgan fingerprint density at radius 3 is 2.38 bits per heavy atom. The number of amidine groups is 1. The van der Waals surface area contributed by atoms with E-state index in [1.165, 1.54) is 18.5 Å². The Morgan fingerprint density at radius 1 is 1.24 bits per heavy atom. The van der Waals surface area contributed by atoms with Crippen LogP contribution >= 0.6 is 0 Å². The summed E-state index contributed by atoms with van der Waals surface area (Å²) in [7, 11) is 0. The standard InChI is InChI=1S/C15H20N4O2/c16-13(18-21)15(7-8-15)14(20)17-11-3-5-12(6-4-11)19-9-1-2-10-19/h3-6,21H,1-2,7-10H2,(H2,16,18)(H,17,20). The van der Waals surface area contributed by atoms with Gasteiger partial charge in [-0.3, -0.25) is 4.79 Å². The Morgan fingerprint density at radius 2 is 1.86 bits per heavy atom. The SMILES string of the molecule is N/C(=N/O)C1(C(=O)Nc2ccc(N3CCCC3)cc2)CC1. The summed E-state index contributed by atoms with van der Waals surface area (Å²) in [5.74, 6) is -0.208. The molecular formula is C15H20N4O2. The summed E-state index contributed by atoms with van der Waals surface area (Å²) in [6.45, 7) is 2.19. The van der Waals surface area contributed by atoms with E-state index in [0.29, 0.717) is 12.8 Å². The quantitative estimate of drug-likeness (QED) is 0.341. The van der Waals surface area contributed by atoms with Gasteiger partial charge in [0.1, 0.15) is 5.41 Å². The van der Waals surface area contributed by atoms with E-state index in [2.05, 4.69) is 15.4 Å². The molecule has 112 valence electrons. The third-order valence-electron chi connectivity index (χ3n) is 4.38. The Hall–Kier alpha value is -2.24. The molecule has 1 saturated heterocycles. The highest BCUT2D eigenvalue weighted by atomic mass is 16.4. The maximum atomic E-state index is 12.2. The van der Waals surface area contributed by atoms with Crippen LogP contribution in [0, 0.1) is 5.41 Å². The van der Waals surface area contributed by atoms with Crippen LogP contribution in [0.4, 0.5) is 11.4 Å². The average Bonchev–Trinajstić information content (AvgIpc) is 3.15. The van der Waals surface area contributed by atoms with Gasteiger partial charge >= 0.3 is 0 Å². The van der Waals surface area contributed by atoms with E-state index in [1.54, 1.807) is 0 Å².